The maximum absolute atomic E-state index is 12.0. The average molecular weight is 282 g/mol. The summed E-state index contributed by atoms with van der Waals surface area (Å²) in [4.78, 5) is 24.0. The first-order valence-corrected chi connectivity index (χ1v) is 5.96. The fourth-order valence-corrected chi connectivity index (χ4v) is 1.49. The minimum atomic E-state index is -1.00. The summed E-state index contributed by atoms with van der Waals surface area (Å²) in [5, 5.41) is 15.1. The molecule has 0 aliphatic rings. The molecule has 0 spiro atoms. The Labute approximate surface area is 116 Å². The molecular weight excluding hydrogens is 264 g/mol. The fraction of sp³-hybridized carbons (Fsp3) is 0.417. The number of aliphatic carboxylic acids is 1. The molecule has 0 bridgehead atoms. The molecule has 0 atom stereocenters. The van der Waals surface area contributed by atoms with Gasteiger partial charge in [-0.1, -0.05) is 6.08 Å². The number of ether oxygens (including phenoxy) is 1. The molecule has 110 valence electrons. The predicted molar refractivity (Wildman–Crippen MR) is 72.5 cm³/mol. The van der Waals surface area contributed by atoms with Gasteiger partial charge >= 0.3 is 12.0 Å². The van der Waals surface area contributed by atoms with E-state index in [0.29, 0.717) is 25.4 Å². The van der Waals surface area contributed by atoms with E-state index in [1.807, 2.05) is 0 Å². The maximum Gasteiger partial charge on any atom is 0.325 e. The van der Waals surface area contributed by atoms with Crippen molar-refractivity contribution in [2.75, 3.05) is 32.1 Å². The number of hydrogen-bond donors (Lipinski definition) is 2. The van der Waals surface area contributed by atoms with Crippen molar-refractivity contribution in [3.05, 3.63) is 25.0 Å². The zero-order chi connectivity index (χ0) is 15.0. The molecule has 0 saturated carbocycles. The van der Waals surface area contributed by atoms with E-state index in [1.165, 1.54) is 22.0 Å². The summed E-state index contributed by atoms with van der Waals surface area (Å²) in [6.45, 7) is 4.57. The second kappa shape index (κ2) is 7.95. The van der Waals surface area contributed by atoms with Crippen molar-refractivity contribution in [2.45, 2.75) is 6.54 Å². The molecule has 20 heavy (non-hydrogen) atoms. The van der Waals surface area contributed by atoms with Gasteiger partial charge in [0.15, 0.2) is 0 Å². The van der Waals surface area contributed by atoms with Gasteiger partial charge in [-0.25, -0.2) is 4.79 Å². The number of urea groups is 1. The number of hydrogen-bond acceptors (Lipinski definition) is 4. The Bertz CT molecular complexity index is 472. The Morgan fingerprint density at radius 3 is 3.00 bits per heavy atom. The quantitative estimate of drug-likeness (QED) is 0.682. The second-order valence-electron chi connectivity index (χ2n) is 3.98. The average Bonchev–Trinajstić information content (AvgIpc) is 2.80. The van der Waals surface area contributed by atoms with Crippen LogP contribution in [0.5, 0.6) is 0 Å². The monoisotopic (exact) mass is 282 g/mol. The standard InChI is InChI=1S/C12H18N4O4/c1-3-4-15(5-6-20-2)12(19)14-10-7-13-16(8-10)9-11(17)18/h3,7-8H,1,4-6,9H2,2H3,(H,14,19)(H,17,18). The van der Waals surface area contributed by atoms with Crippen LogP contribution in [0.3, 0.4) is 0 Å². The number of carboxylic acids is 1. The number of carbonyl (C=O) groups excluding carboxylic acids is 1. The molecule has 0 saturated heterocycles. The summed E-state index contributed by atoms with van der Waals surface area (Å²) in [5.74, 6) is -1.00. The van der Waals surface area contributed by atoms with Crippen LogP contribution in [0, 0.1) is 0 Å². The topological polar surface area (TPSA) is 96.7 Å². The summed E-state index contributed by atoms with van der Waals surface area (Å²) in [5.41, 5.74) is 0.433. The van der Waals surface area contributed by atoms with E-state index in [-0.39, 0.29) is 12.6 Å². The lowest BCUT2D eigenvalue weighted by Gasteiger charge is -2.20. The van der Waals surface area contributed by atoms with Gasteiger partial charge < -0.3 is 20.1 Å². The predicted octanol–water partition coefficient (Wildman–Crippen LogP) is 0.634. The van der Waals surface area contributed by atoms with Crippen LogP contribution in [-0.2, 0) is 16.1 Å². The number of anilines is 1. The minimum absolute atomic E-state index is 0.254. The van der Waals surface area contributed by atoms with Crippen molar-refractivity contribution in [3.8, 4) is 0 Å². The summed E-state index contributed by atoms with van der Waals surface area (Å²) in [6.07, 6.45) is 4.46. The molecule has 8 heteroatoms. The Morgan fingerprint density at radius 2 is 2.40 bits per heavy atom. The van der Waals surface area contributed by atoms with E-state index in [9.17, 15) is 9.59 Å². The van der Waals surface area contributed by atoms with Gasteiger partial charge in [0.2, 0.25) is 0 Å². The first-order valence-electron chi connectivity index (χ1n) is 5.96. The molecule has 0 fully saturated rings. The third-order valence-electron chi connectivity index (χ3n) is 2.38. The van der Waals surface area contributed by atoms with Crippen LogP contribution in [0.15, 0.2) is 25.0 Å². The zero-order valence-electron chi connectivity index (χ0n) is 11.3. The van der Waals surface area contributed by atoms with Crippen molar-refractivity contribution in [2.24, 2.45) is 0 Å². The van der Waals surface area contributed by atoms with E-state index in [2.05, 4.69) is 17.0 Å². The van der Waals surface area contributed by atoms with Gasteiger partial charge in [0.25, 0.3) is 0 Å². The number of nitrogens with zero attached hydrogens (tertiary/aromatic N) is 3. The smallest absolute Gasteiger partial charge is 0.325 e. The van der Waals surface area contributed by atoms with Gasteiger partial charge in [0.1, 0.15) is 6.54 Å². The minimum Gasteiger partial charge on any atom is -0.480 e. The maximum atomic E-state index is 12.0. The third-order valence-corrected chi connectivity index (χ3v) is 2.38. The number of methoxy groups -OCH3 is 1. The van der Waals surface area contributed by atoms with Crippen molar-refractivity contribution >= 4 is 17.7 Å². The van der Waals surface area contributed by atoms with E-state index >= 15 is 0 Å². The Kier molecular flexibility index (Phi) is 6.24. The van der Waals surface area contributed by atoms with E-state index in [4.69, 9.17) is 9.84 Å². The Hall–Kier alpha value is -2.35. The van der Waals surface area contributed by atoms with E-state index in [1.54, 1.807) is 13.2 Å². The third kappa shape index (κ3) is 5.11. The Balaban J connectivity index is 2.60. The van der Waals surface area contributed by atoms with Crippen LogP contribution in [0.1, 0.15) is 0 Å². The normalized spacial score (nSPS) is 10.1. The van der Waals surface area contributed by atoms with Crippen molar-refractivity contribution in [1.29, 1.82) is 0 Å². The molecular formula is C12H18N4O4. The highest BCUT2D eigenvalue weighted by Crippen LogP contribution is 2.06. The van der Waals surface area contributed by atoms with Crippen LogP contribution < -0.4 is 5.32 Å². The van der Waals surface area contributed by atoms with Crippen LogP contribution >= 0.6 is 0 Å². The van der Waals surface area contributed by atoms with Crippen LogP contribution in [0.4, 0.5) is 10.5 Å². The molecule has 0 radical (unpaired) electrons. The summed E-state index contributed by atoms with van der Waals surface area (Å²) in [7, 11) is 1.56. The molecule has 1 aromatic rings. The first kappa shape index (κ1) is 15.7. The van der Waals surface area contributed by atoms with Gasteiger partial charge in [-0.2, -0.15) is 5.10 Å². The fourth-order valence-electron chi connectivity index (χ4n) is 1.49. The molecule has 2 N–H and O–H groups in total. The second-order valence-corrected chi connectivity index (χ2v) is 3.98. The number of aromatic nitrogens is 2. The highest BCUT2D eigenvalue weighted by Gasteiger charge is 2.13. The molecule has 0 unspecified atom stereocenters. The molecule has 1 rings (SSSR count). The largest absolute Gasteiger partial charge is 0.480 e. The van der Waals surface area contributed by atoms with Crippen LogP contribution in [-0.4, -0.2) is 58.6 Å². The Morgan fingerprint density at radius 1 is 1.65 bits per heavy atom. The SMILES string of the molecule is C=CCN(CCOC)C(=O)Nc1cnn(CC(=O)O)c1. The summed E-state index contributed by atoms with van der Waals surface area (Å²) in [6, 6.07) is -0.322. The molecule has 1 heterocycles. The highest BCUT2D eigenvalue weighted by atomic mass is 16.5. The molecule has 8 nitrogen and oxygen atoms in total. The molecule has 0 aliphatic heterocycles. The summed E-state index contributed by atoms with van der Waals surface area (Å²) < 4.78 is 6.16. The van der Waals surface area contributed by atoms with Crippen LogP contribution in [0.25, 0.3) is 0 Å². The lowest BCUT2D eigenvalue weighted by molar-refractivity contribution is -0.137. The number of amides is 2. The van der Waals surface area contributed by atoms with Gasteiger partial charge in [-0.05, 0) is 0 Å². The first-order chi connectivity index (χ1) is 9.56. The zero-order valence-corrected chi connectivity index (χ0v) is 11.3. The van der Waals surface area contributed by atoms with Crippen molar-refractivity contribution in [1.82, 2.24) is 14.7 Å². The molecule has 0 aliphatic carbocycles. The lowest BCUT2D eigenvalue weighted by atomic mass is 10.4. The van der Waals surface area contributed by atoms with Gasteiger partial charge in [0, 0.05) is 26.4 Å². The summed E-state index contributed by atoms with van der Waals surface area (Å²) >= 11 is 0. The number of rotatable bonds is 8. The molecule has 1 aromatic heterocycles. The molecule has 2 amide bonds. The number of nitrogens with one attached hydrogen (secondary N) is 1. The van der Waals surface area contributed by atoms with E-state index < -0.39 is 5.97 Å². The van der Waals surface area contributed by atoms with Gasteiger partial charge in [-0.3, -0.25) is 9.48 Å². The van der Waals surface area contributed by atoms with Crippen molar-refractivity contribution in [3.63, 3.8) is 0 Å². The van der Waals surface area contributed by atoms with E-state index in [0.717, 1.165) is 0 Å². The van der Waals surface area contributed by atoms with Gasteiger partial charge in [0.05, 0.1) is 18.5 Å². The molecule has 0 aromatic carbocycles. The lowest BCUT2D eigenvalue weighted by Crippen LogP contribution is -2.37. The number of carboxylic acid groups (broad SMARTS) is 1. The number of carbonyl (C=O) groups is 2. The van der Waals surface area contributed by atoms with Crippen LogP contribution in [0.2, 0.25) is 0 Å². The highest BCUT2D eigenvalue weighted by molar-refractivity contribution is 5.89. The van der Waals surface area contributed by atoms with Crippen molar-refractivity contribution < 1.29 is 19.4 Å². The van der Waals surface area contributed by atoms with Gasteiger partial charge in [-0.15, -0.1) is 6.58 Å².